The first-order chi connectivity index (χ1) is 10.8. The maximum absolute atomic E-state index is 12.0. The summed E-state index contributed by atoms with van der Waals surface area (Å²) in [5, 5.41) is 0. The Morgan fingerprint density at radius 1 is 1.22 bits per heavy atom. The average molecular weight is 343 g/mol. The Balaban J connectivity index is 2.17. The molecule has 2 N–H and O–H groups in total. The molecule has 10 heteroatoms. The third kappa shape index (κ3) is 3.70. The minimum absolute atomic E-state index is 0.0959. The number of fused-ring (bicyclic) bond motifs is 1. The number of imidazole rings is 1. The normalized spacial score (nSPS) is 12.1. The Morgan fingerprint density at radius 2 is 1.91 bits per heavy atom. The number of rotatable bonds is 7. The van der Waals surface area contributed by atoms with Crippen LogP contribution in [0.15, 0.2) is 9.59 Å². The van der Waals surface area contributed by atoms with Gasteiger partial charge in [0, 0.05) is 27.1 Å². The van der Waals surface area contributed by atoms with Crippen molar-refractivity contribution < 1.29 is 8.42 Å². The summed E-state index contributed by atoms with van der Waals surface area (Å²) in [6, 6.07) is 0. The Kier molecular flexibility index (Phi) is 5.05. The van der Waals surface area contributed by atoms with Gasteiger partial charge in [-0.2, -0.15) is 0 Å². The lowest BCUT2D eigenvalue weighted by atomic mass is 10.4. The Bertz CT molecular complexity index is 922. The number of hydrogen-bond donors (Lipinski definition) is 2. The molecule has 2 aromatic rings. The molecule has 0 fully saturated rings. The Hall–Kier alpha value is -1.94. The molecular formula is C13H21N5O4S. The largest absolute Gasteiger partial charge is 0.336 e. The average Bonchev–Trinajstić information content (AvgIpc) is 2.93. The first-order valence-electron chi connectivity index (χ1n) is 7.38. The molecule has 23 heavy (non-hydrogen) atoms. The number of hydrogen-bond acceptors (Lipinski definition) is 5. The van der Waals surface area contributed by atoms with Gasteiger partial charge in [0.1, 0.15) is 11.3 Å². The first kappa shape index (κ1) is 17.4. The number of aromatic amines is 1. The third-order valence-electron chi connectivity index (χ3n) is 3.59. The second kappa shape index (κ2) is 6.67. The third-order valence-corrected chi connectivity index (χ3v) is 5.06. The molecule has 9 nitrogen and oxygen atoms in total. The van der Waals surface area contributed by atoms with Crippen LogP contribution in [0.4, 0.5) is 0 Å². The number of aromatic nitrogens is 4. The van der Waals surface area contributed by atoms with E-state index in [9.17, 15) is 18.0 Å². The molecule has 0 bridgehead atoms. The molecule has 2 heterocycles. The number of sulfonamides is 1. The number of nitrogens with one attached hydrogen (secondary N) is 2. The highest BCUT2D eigenvalue weighted by Crippen LogP contribution is 2.04. The molecule has 0 aliphatic rings. The molecular weight excluding hydrogens is 322 g/mol. The lowest BCUT2D eigenvalue weighted by Gasteiger charge is -2.04. The number of aryl methyl sites for hydroxylation is 1. The topological polar surface area (TPSA) is 119 Å². The van der Waals surface area contributed by atoms with Crippen molar-refractivity contribution in [2.75, 3.05) is 12.3 Å². The SMILES string of the molecule is CCCCS(=O)(=O)NCCc1nc2c([nH]1)c(=O)n(C)c(=O)n2C. The maximum atomic E-state index is 12.0. The fraction of sp³-hybridized carbons (Fsp3) is 0.615. The van der Waals surface area contributed by atoms with Crippen LogP contribution < -0.4 is 16.0 Å². The van der Waals surface area contributed by atoms with Crippen molar-refractivity contribution in [3.05, 3.63) is 26.7 Å². The van der Waals surface area contributed by atoms with E-state index in [2.05, 4.69) is 14.7 Å². The second-order valence-electron chi connectivity index (χ2n) is 5.40. The van der Waals surface area contributed by atoms with E-state index in [0.29, 0.717) is 18.7 Å². The van der Waals surface area contributed by atoms with E-state index in [4.69, 9.17) is 0 Å². The van der Waals surface area contributed by atoms with Crippen LogP contribution in [0.3, 0.4) is 0 Å². The minimum atomic E-state index is -3.29. The van der Waals surface area contributed by atoms with E-state index in [1.54, 1.807) is 0 Å². The van der Waals surface area contributed by atoms with E-state index in [1.807, 2.05) is 6.92 Å². The highest BCUT2D eigenvalue weighted by molar-refractivity contribution is 7.89. The molecule has 128 valence electrons. The standard InChI is InChI=1S/C13H21N5O4S/c1-4-5-8-23(21,22)14-7-6-9-15-10-11(16-9)17(2)13(20)18(3)12(10)19/h14H,4-8H2,1-3H3,(H,15,16). The van der Waals surface area contributed by atoms with Gasteiger partial charge >= 0.3 is 5.69 Å². The second-order valence-corrected chi connectivity index (χ2v) is 7.33. The summed E-state index contributed by atoms with van der Waals surface area (Å²) in [5.74, 6) is 0.551. The molecule has 0 aliphatic heterocycles. The summed E-state index contributed by atoms with van der Waals surface area (Å²) in [6.45, 7) is 2.11. The van der Waals surface area contributed by atoms with Crippen molar-refractivity contribution in [3.63, 3.8) is 0 Å². The van der Waals surface area contributed by atoms with Gasteiger partial charge in [-0.15, -0.1) is 0 Å². The lowest BCUT2D eigenvalue weighted by Crippen LogP contribution is -2.36. The van der Waals surface area contributed by atoms with Crippen LogP contribution in [0.5, 0.6) is 0 Å². The zero-order chi connectivity index (χ0) is 17.2. The Morgan fingerprint density at radius 3 is 2.57 bits per heavy atom. The van der Waals surface area contributed by atoms with Crippen molar-refractivity contribution in [1.82, 2.24) is 23.8 Å². The molecule has 0 spiro atoms. The van der Waals surface area contributed by atoms with Gasteiger partial charge < -0.3 is 4.98 Å². The number of H-pyrrole nitrogens is 1. The predicted octanol–water partition coefficient (Wildman–Crippen LogP) is -0.778. The van der Waals surface area contributed by atoms with E-state index in [-0.39, 0.29) is 23.5 Å². The first-order valence-corrected chi connectivity index (χ1v) is 9.04. The molecule has 0 atom stereocenters. The van der Waals surface area contributed by atoms with Gasteiger partial charge in [0.2, 0.25) is 10.0 Å². The number of nitrogens with zero attached hydrogens (tertiary/aromatic N) is 3. The van der Waals surface area contributed by atoms with Gasteiger partial charge in [-0.25, -0.2) is 22.9 Å². The van der Waals surface area contributed by atoms with Crippen molar-refractivity contribution >= 4 is 21.2 Å². The number of unbranched alkanes of at least 4 members (excludes halogenated alkanes) is 1. The van der Waals surface area contributed by atoms with Gasteiger partial charge in [-0.05, 0) is 6.42 Å². The summed E-state index contributed by atoms with van der Waals surface area (Å²) in [7, 11) is -0.361. The summed E-state index contributed by atoms with van der Waals surface area (Å²) in [4.78, 5) is 31.0. The van der Waals surface area contributed by atoms with Crippen LogP contribution in [0.2, 0.25) is 0 Å². The van der Waals surface area contributed by atoms with E-state index in [1.165, 1.54) is 18.7 Å². The molecule has 0 radical (unpaired) electrons. The monoisotopic (exact) mass is 343 g/mol. The van der Waals surface area contributed by atoms with Crippen molar-refractivity contribution in [1.29, 1.82) is 0 Å². The molecule has 0 saturated heterocycles. The highest BCUT2D eigenvalue weighted by atomic mass is 32.2. The molecule has 0 saturated carbocycles. The van der Waals surface area contributed by atoms with E-state index < -0.39 is 21.3 Å². The summed E-state index contributed by atoms with van der Waals surface area (Å²) in [5.41, 5.74) is -0.411. The summed E-state index contributed by atoms with van der Waals surface area (Å²) >= 11 is 0. The molecule has 0 amide bonds. The Labute approximate surface area is 133 Å². The maximum Gasteiger partial charge on any atom is 0.332 e. The highest BCUT2D eigenvalue weighted by Gasteiger charge is 2.14. The van der Waals surface area contributed by atoms with Crippen LogP contribution in [0.1, 0.15) is 25.6 Å². The molecule has 0 unspecified atom stereocenters. The van der Waals surface area contributed by atoms with Gasteiger partial charge in [0.25, 0.3) is 5.56 Å². The van der Waals surface area contributed by atoms with E-state index >= 15 is 0 Å². The van der Waals surface area contributed by atoms with Crippen molar-refractivity contribution in [3.8, 4) is 0 Å². The molecule has 0 aliphatic carbocycles. The van der Waals surface area contributed by atoms with Crippen molar-refractivity contribution in [2.24, 2.45) is 14.1 Å². The van der Waals surface area contributed by atoms with Gasteiger partial charge in [0.15, 0.2) is 5.65 Å². The van der Waals surface area contributed by atoms with Crippen LogP contribution in [-0.2, 0) is 30.5 Å². The molecule has 0 aromatic carbocycles. The van der Waals surface area contributed by atoms with E-state index in [0.717, 1.165) is 11.0 Å². The fourth-order valence-corrected chi connectivity index (χ4v) is 3.45. The zero-order valence-electron chi connectivity index (χ0n) is 13.4. The zero-order valence-corrected chi connectivity index (χ0v) is 14.2. The quantitative estimate of drug-likeness (QED) is 0.684. The van der Waals surface area contributed by atoms with Gasteiger partial charge in [-0.1, -0.05) is 13.3 Å². The van der Waals surface area contributed by atoms with Crippen LogP contribution in [0.25, 0.3) is 11.2 Å². The minimum Gasteiger partial charge on any atom is -0.336 e. The fourth-order valence-electron chi connectivity index (χ4n) is 2.22. The van der Waals surface area contributed by atoms with Crippen LogP contribution >= 0.6 is 0 Å². The van der Waals surface area contributed by atoms with Gasteiger partial charge in [0.05, 0.1) is 5.75 Å². The van der Waals surface area contributed by atoms with Gasteiger partial charge in [-0.3, -0.25) is 13.9 Å². The van der Waals surface area contributed by atoms with Crippen LogP contribution in [0, 0.1) is 0 Å². The van der Waals surface area contributed by atoms with Crippen molar-refractivity contribution in [2.45, 2.75) is 26.2 Å². The summed E-state index contributed by atoms with van der Waals surface area (Å²) < 4.78 is 28.2. The predicted molar refractivity (Wildman–Crippen MR) is 87.0 cm³/mol. The lowest BCUT2D eigenvalue weighted by molar-refractivity contribution is 0.577. The summed E-state index contributed by atoms with van der Waals surface area (Å²) in [6.07, 6.45) is 1.72. The molecule has 2 aromatic heterocycles. The smallest absolute Gasteiger partial charge is 0.332 e. The van der Waals surface area contributed by atoms with Crippen LogP contribution in [-0.4, -0.2) is 39.8 Å². The molecule has 2 rings (SSSR count).